The Balaban J connectivity index is 0.894. The van der Waals surface area contributed by atoms with Crippen molar-refractivity contribution in [2.75, 3.05) is 66.0 Å². The zero-order chi connectivity index (χ0) is 43.0. The number of carbonyl (C=O) groups excluding carboxylic acids is 3. The molecule has 3 aromatic rings. The maximum Gasteiger partial charge on any atom is 0.412 e. The Morgan fingerprint density at radius 1 is 0.951 bits per heavy atom. The zero-order valence-electron chi connectivity index (χ0n) is 34.7. The van der Waals surface area contributed by atoms with Gasteiger partial charge in [0.15, 0.2) is 29.2 Å². The zero-order valence-corrected chi connectivity index (χ0v) is 36.3. The van der Waals surface area contributed by atoms with Crippen molar-refractivity contribution in [1.82, 2.24) is 19.7 Å². The van der Waals surface area contributed by atoms with Crippen molar-refractivity contribution in [2.45, 2.75) is 67.6 Å². The van der Waals surface area contributed by atoms with Crippen molar-refractivity contribution >= 4 is 57.1 Å². The topological polar surface area (TPSA) is 168 Å². The highest BCUT2D eigenvalue weighted by Gasteiger charge is 2.45. The van der Waals surface area contributed by atoms with Gasteiger partial charge in [-0.25, -0.2) is 9.78 Å². The number of nitrogens with zero attached hydrogens (tertiary/aromatic N) is 5. The van der Waals surface area contributed by atoms with Gasteiger partial charge < -0.3 is 44.0 Å². The van der Waals surface area contributed by atoms with Gasteiger partial charge >= 0.3 is 6.09 Å². The SMILES string of the molecule is C=C1C[C@H]2C=Nc3cc(OCCCCCOc4cc(N)c(C(=O)N5CC(=C)C[C@H]5C5OCCN5C(=O)OCC(C)SSc5ccccn5)cc4OC)c(OC)cc3C(=O)N2C1. The van der Waals surface area contributed by atoms with Crippen LogP contribution in [0.4, 0.5) is 16.2 Å². The number of ether oxygens (including phenoxy) is 6. The predicted octanol–water partition coefficient (Wildman–Crippen LogP) is 7.19. The van der Waals surface area contributed by atoms with Gasteiger partial charge in [-0.15, -0.1) is 0 Å². The minimum absolute atomic E-state index is 0.0139. The monoisotopic (exact) mass is 872 g/mol. The van der Waals surface area contributed by atoms with E-state index in [0.717, 1.165) is 35.4 Å². The number of pyridine rings is 1. The van der Waals surface area contributed by atoms with Crippen molar-refractivity contribution in [2.24, 2.45) is 4.99 Å². The van der Waals surface area contributed by atoms with Crippen LogP contribution in [0.2, 0.25) is 0 Å². The second-order valence-electron chi connectivity index (χ2n) is 15.2. The molecular formula is C44H52N6O9S2. The Bertz CT molecular complexity index is 2160. The Kier molecular flexibility index (Phi) is 14.3. The molecule has 17 heteroatoms. The first-order valence-electron chi connectivity index (χ1n) is 20.3. The van der Waals surface area contributed by atoms with E-state index < -0.39 is 18.4 Å². The number of nitrogen functional groups attached to an aromatic ring is 1. The van der Waals surface area contributed by atoms with Crippen molar-refractivity contribution in [3.63, 3.8) is 0 Å². The average Bonchev–Trinajstić information content (AvgIpc) is 4.00. The van der Waals surface area contributed by atoms with Crippen molar-refractivity contribution in [1.29, 1.82) is 0 Å². The van der Waals surface area contributed by atoms with Crippen LogP contribution in [-0.2, 0) is 9.47 Å². The fourth-order valence-corrected chi connectivity index (χ4v) is 9.55. The number of fused-ring (bicyclic) bond motifs is 2. The van der Waals surface area contributed by atoms with E-state index in [-0.39, 0.29) is 47.5 Å². The molecule has 4 aliphatic rings. The molecule has 2 unspecified atom stereocenters. The number of likely N-dealkylation sites (tertiary alicyclic amines) is 1. The van der Waals surface area contributed by atoms with E-state index in [0.29, 0.717) is 80.0 Å². The number of aliphatic imine (C=N–C) groups is 1. The maximum atomic E-state index is 14.2. The van der Waals surface area contributed by atoms with Crippen LogP contribution in [0, 0.1) is 0 Å². The minimum atomic E-state index is -0.707. The summed E-state index contributed by atoms with van der Waals surface area (Å²) in [5.74, 6) is 1.36. The molecule has 3 fully saturated rings. The molecule has 4 atom stereocenters. The van der Waals surface area contributed by atoms with E-state index >= 15 is 0 Å². The molecule has 61 heavy (non-hydrogen) atoms. The van der Waals surface area contributed by atoms with Crippen LogP contribution in [0.3, 0.4) is 0 Å². The van der Waals surface area contributed by atoms with E-state index in [2.05, 4.69) is 23.1 Å². The Hall–Kier alpha value is -5.39. The van der Waals surface area contributed by atoms with E-state index in [4.69, 9.17) is 34.2 Å². The molecule has 15 nitrogen and oxygen atoms in total. The molecule has 1 aromatic heterocycles. The van der Waals surface area contributed by atoms with Crippen LogP contribution in [0.5, 0.6) is 23.0 Å². The van der Waals surface area contributed by atoms with Gasteiger partial charge in [-0.1, -0.05) is 41.2 Å². The summed E-state index contributed by atoms with van der Waals surface area (Å²) in [5.41, 5.74) is 9.86. The van der Waals surface area contributed by atoms with Gasteiger partial charge in [0, 0.05) is 48.6 Å². The van der Waals surface area contributed by atoms with Gasteiger partial charge in [0.05, 0.1) is 69.5 Å². The van der Waals surface area contributed by atoms with E-state index in [9.17, 15) is 14.4 Å². The van der Waals surface area contributed by atoms with Crippen molar-refractivity contribution < 1.29 is 42.8 Å². The van der Waals surface area contributed by atoms with Crippen molar-refractivity contribution in [3.05, 3.63) is 84.1 Å². The summed E-state index contributed by atoms with van der Waals surface area (Å²) in [7, 11) is 6.16. The standard InChI is InChI=1S/C44H52N6O9S2/c1-27-17-30-23-47-34-22-39(37(55-5)20-32(34)42(52)49(30)24-27)57-15-10-6-9-14-56-38-21-33(45)31(19-36(38)54-4)41(51)50-25-28(2)18-35(50)43-48(13-16-58-43)44(53)59-26-29(3)60-61-40-11-7-8-12-46-40/h7-8,11-12,19-23,29-30,35,43H,1-2,6,9-10,13-18,24-26,45H2,3-5H3/t29?,30-,35-,43?/m0/s1. The first-order valence-corrected chi connectivity index (χ1v) is 22.5. The summed E-state index contributed by atoms with van der Waals surface area (Å²) < 4.78 is 35.2. The first kappa shape index (κ1) is 43.7. The fraction of sp³-hybridized carbons (Fsp3) is 0.432. The number of aromatic nitrogens is 1. The van der Waals surface area contributed by atoms with Gasteiger partial charge in [0.1, 0.15) is 11.6 Å². The molecule has 5 heterocycles. The lowest BCUT2D eigenvalue weighted by molar-refractivity contribution is -0.0206. The average molecular weight is 873 g/mol. The second-order valence-corrected chi connectivity index (χ2v) is 17.9. The molecule has 0 radical (unpaired) electrons. The van der Waals surface area contributed by atoms with E-state index in [1.165, 1.54) is 17.9 Å². The highest BCUT2D eigenvalue weighted by Crippen LogP contribution is 2.40. The number of nitrogens with two attached hydrogens (primary N) is 1. The molecule has 0 aliphatic carbocycles. The lowest BCUT2D eigenvalue weighted by atomic mass is 10.1. The predicted molar refractivity (Wildman–Crippen MR) is 235 cm³/mol. The number of carbonyl (C=O) groups is 3. The number of rotatable bonds is 17. The molecule has 0 bridgehead atoms. The Morgan fingerprint density at radius 3 is 2.43 bits per heavy atom. The summed E-state index contributed by atoms with van der Waals surface area (Å²) in [5, 5.41) is 0.893. The summed E-state index contributed by atoms with van der Waals surface area (Å²) in [6.07, 6.45) is 5.77. The highest BCUT2D eigenvalue weighted by molar-refractivity contribution is 8.76. The molecule has 3 saturated heterocycles. The lowest BCUT2D eigenvalue weighted by Gasteiger charge is -2.33. The van der Waals surface area contributed by atoms with Crippen LogP contribution >= 0.6 is 21.6 Å². The molecule has 0 spiro atoms. The quantitative estimate of drug-likeness (QED) is 0.0627. The van der Waals surface area contributed by atoms with Crippen LogP contribution in [-0.4, -0.2) is 128 Å². The summed E-state index contributed by atoms with van der Waals surface area (Å²) in [4.78, 5) is 54.7. The number of benzene rings is 2. The summed E-state index contributed by atoms with van der Waals surface area (Å²) in [6.45, 7) is 12.7. The van der Waals surface area contributed by atoms with Crippen LogP contribution in [0.15, 0.2) is 83.0 Å². The normalized spacial score (nSPS) is 20.0. The number of methoxy groups -OCH3 is 2. The first-order chi connectivity index (χ1) is 29.5. The summed E-state index contributed by atoms with van der Waals surface area (Å²) >= 11 is 0. The van der Waals surface area contributed by atoms with E-state index in [1.807, 2.05) is 31.3 Å². The smallest absolute Gasteiger partial charge is 0.412 e. The van der Waals surface area contributed by atoms with Gasteiger partial charge in [-0.05, 0) is 74.1 Å². The molecule has 324 valence electrons. The number of hydrogen-bond acceptors (Lipinski definition) is 14. The Morgan fingerprint density at radius 2 is 1.69 bits per heavy atom. The summed E-state index contributed by atoms with van der Waals surface area (Å²) in [6, 6.07) is 11.8. The van der Waals surface area contributed by atoms with Crippen LogP contribution in [0.25, 0.3) is 0 Å². The third-order valence-corrected chi connectivity index (χ3v) is 13.5. The third kappa shape index (κ3) is 10.2. The fourth-order valence-electron chi connectivity index (χ4n) is 7.67. The molecule has 0 saturated carbocycles. The number of unbranched alkanes of at least 4 members (excludes halogenated alkanes) is 2. The molecule has 3 amide bonds. The molecule has 2 aromatic carbocycles. The van der Waals surface area contributed by atoms with Crippen LogP contribution in [0.1, 0.15) is 59.7 Å². The van der Waals surface area contributed by atoms with Gasteiger partial charge in [-0.2, -0.15) is 0 Å². The maximum absolute atomic E-state index is 14.2. The molecule has 4 aliphatic heterocycles. The number of anilines is 1. The lowest BCUT2D eigenvalue weighted by Crippen LogP contribution is -2.51. The minimum Gasteiger partial charge on any atom is -0.493 e. The van der Waals surface area contributed by atoms with Crippen LogP contribution < -0.4 is 24.7 Å². The largest absolute Gasteiger partial charge is 0.493 e. The number of amides is 3. The second kappa shape index (κ2) is 20.0. The molecule has 2 N–H and O–H groups in total. The van der Waals surface area contributed by atoms with Gasteiger partial charge in [-0.3, -0.25) is 19.5 Å². The molecular weight excluding hydrogens is 821 g/mol. The Labute approximate surface area is 364 Å². The van der Waals surface area contributed by atoms with Gasteiger partial charge in [0.2, 0.25) is 0 Å². The number of hydrogen-bond donors (Lipinski definition) is 1. The van der Waals surface area contributed by atoms with E-state index in [1.54, 1.807) is 63.1 Å². The third-order valence-electron chi connectivity index (χ3n) is 10.7. The van der Waals surface area contributed by atoms with Gasteiger partial charge in [0.25, 0.3) is 11.8 Å². The van der Waals surface area contributed by atoms with Crippen molar-refractivity contribution in [3.8, 4) is 23.0 Å². The highest BCUT2D eigenvalue weighted by atomic mass is 33.1. The molecule has 7 rings (SSSR count).